The Morgan fingerprint density at radius 1 is 0.444 bits per heavy atom. The predicted octanol–water partition coefficient (Wildman–Crippen LogP) is 3.74. The van der Waals surface area contributed by atoms with Gasteiger partial charge in [-0.05, 0) is 69.2 Å². The van der Waals surface area contributed by atoms with Crippen LogP contribution in [0.4, 0.5) is 0 Å². The van der Waals surface area contributed by atoms with Crippen LogP contribution >= 0.6 is 0 Å². The van der Waals surface area contributed by atoms with Gasteiger partial charge in [0.25, 0.3) is 0 Å². The van der Waals surface area contributed by atoms with Gasteiger partial charge in [0.2, 0.25) is 0 Å². The van der Waals surface area contributed by atoms with Gasteiger partial charge in [-0.25, -0.2) is 4.79 Å². The van der Waals surface area contributed by atoms with Gasteiger partial charge in [0, 0.05) is 6.08 Å². The lowest BCUT2D eigenvalue weighted by atomic mass is 10.3. The van der Waals surface area contributed by atoms with Crippen LogP contribution in [-0.4, -0.2) is 138 Å². The summed E-state index contributed by atoms with van der Waals surface area (Å²) in [6.07, 6.45) is -0.386. The van der Waals surface area contributed by atoms with Gasteiger partial charge in [-0.1, -0.05) is 6.58 Å². The fourth-order valence-electron chi connectivity index (χ4n) is 3.39. The van der Waals surface area contributed by atoms with E-state index in [9.17, 15) is 9.90 Å². The maximum absolute atomic E-state index is 11.1. The second-order valence-electron chi connectivity index (χ2n) is 12.0. The first-order valence-corrected chi connectivity index (χ1v) is 16.2. The fourth-order valence-corrected chi connectivity index (χ4v) is 3.39. The Balaban J connectivity index is 3.92. The van der Waals surface area contributed by atoms with Crippen molar-refractivity contribution in [2.75, 3.05) is 66.1 Å². The van der Waals surface area contributed by atoms with Crippen LogP contribution in [0.15, 0.2) is 12.7 Å². The minimum atomic E-state index is -0.489. The standard InChI is InChI=1S/C33H64O12/c1-12-33(35)45-22-32(11)44-21-31(10)43-20-30(9)42-19-29(8)41-18-28(7)40-17-27(6)39-16-26(5)38-15-25(4)37-14-24(3)36-13-23(2)34/h12,23-32,34H,1,13-22H2,2-11H3. The normalized spacial score (nSPS) is 18.6. The van der Waals surface area contributed by atoms with Crippen LogP contribution in [0.25, 0.3) is 0 Å². The summed E-state index contributed by atoms with van der Waals surface area (Å²) in [5, 5.41) is 9.29. The van der Waals surface area contributed by atoms with Gasteiger partial charge in [0.15, 0.2) is 0 Å². The van der Waals surface area contributed by atoms with Gasteiger partial charge in [0.1, 0.15) is 6.61 Å². The summed E-state index contributed by atoms with van der Waals surface area (Å²) in [7, 11) is 0. The summed E-state index contributed by atoms with van der Waals surface area (Å²) >= 11 is 0. The molecule has 0 bridgehead atoms. The molecule has 0 aromatic heterocycles. The molecule has 12 nitrogen and oxygen atoms in total. The van der Waals surface area contributed by atoms with Crippen molar-refractivity contribution in [1.82, 2.24) is 0 Å². The van der Waals surface area contributed by atoms with Crippen molar-refractivity contribution in [3.63, 3.8) is 0 Å². The summed E-state index contributed by atoms with van der Waals surface area (Å²) in [6.45, 7) is 26.4. The molecule has 0 heterocycles. The number of hydrogen-bond donors (Lipinski definition) is 1. The minimum absolute atomic E-state index is 0.0804. The Bertz CT molecular complexity index is 724. The molecule has 0 aliphatic rings. The van der Waals surface area contributed by atoms with E-state index < -0.39 is 12.1 Å². The summed E-state index contributed by atoms with van der Waals surface area (Å²) in [6, 6.07) is 0. The first-order valence-electron chi connectivity index (χ1n) is 16.2. The molecule has 0 radical (unpaired) electrons. The second-order valence-corrected chi connectivity index (χ2v) is 12.0. The third-order valence-corrected chi connectivity index (χ3v) is 6.17. The van der Waals surface area contributed by atoms with Crippen molar-refractivity contribution in [2.45, 2.75) is 130 Å². The van der Waals surface area contributed by atoms with E-state index in [1.165, 1.54) is 0 Å². The number of esters is 1. The van der Waals surface area contributed by atoms with Gasteiger partial charge in [-0.2, -0.15) is 0 Å². The molecule has 0 saturated heterocycles. The molecule has 0 aromatic carbocycles. The van der Waals surface area contributed by atoms with Crippen molar-refractivity contribution in [1.29, 1.82) is 0 Å². The van der Waals surface area contributed by atoms with Crippen molar-refractivity contribution in [3.05, 3.63) is 12.7 Å². The highest BCUT2D eigenvalue weighted by atomic mass is 16.6. The highest BCUT2D eigenvalue weighted by Crippen LogP contribution is 2.06. The van der Waals surface area contributed by atoms with Crippen LogP contribution in [0.1, 0.15) is 69.2 Å². The zero-order valence-electron chi connectivity index (χ0n) is 29.6. The van der Waals surface area contributed by atoms with E-state index in [2.05, 4.69) is 6.58 Å². The molecular weight excluding hydrogens is 588 g/mol. The molecule has 10 atom stereocenters. The lowest BCUT2D eigenvalue weighted by Gasteiger charge is -2.23. The Morgan fingerprint density at radius 3 is 0.844 bits per heavy atom. The summed E-state index contributed by atoms with van der Waals surface area (Å²) in [4.78, 5) is 11.1. The molecule has 1 N–H and O–H groups in total. The fraction of sp³-hybridized carbons (Fsp3) is 0.909. The van der Waals surface area contributed by atoms with Crippen LogP contribution in [0.5, 0.6) is 0 Å². The molecule has 268 valence electrons. The monoisotopic (exact) mass is 652 g/mol. The van der Waals surface area contributed by atoms with Crippen molar-refractivity contribution >= 4 is 5.97 Å². The Kier molecular flexibility index (Phi) is 26.1. The van der Waals surface area contributed by atoms with Crippen LogP contribution in [-0.2, 0) is 52.2 Å². The third-order valence-electron chi connectivity index (χ3n) is 6.17. The number of carbonyl (C=O) groups is 1. The van der Waals surface area contributed by atoms with Crippen molar-refractivity contribution in [3.8, 4) is 0 Å². The highest BCUT2D eigenvalue weighted by molar-refractivity contribution is 5.81. The Labute approximate surface area is 272 Å². The highest BCUT2D eigenvalue weighted by Gasteiger charge is 2.15. The third kappa shape index (κ3) is 27.6. The number of ether oxygens (including phenoxy) is 10. The van der Waals surface area contributed by atoms with E-state index >= 15 is 0 Å². The van der Waals surface area contributed by atoms with Crippen molar-refractivity contribution in [2.24, 2.45) is 0 Å². The molecule has 0 spiro atoms. The average Bonchev–Trinajstić information content (AvgIpc) is 3.01. The SMILES string of the molecule is C=CC(=O)OCC(C)OCC(C)OCC(C)OCC(C)OCC(C)OCC(C)OCC(C)OCC(C)OCC(C)OCC(C)O. The molecule has 12 heteroatoms. The molecule has 0 rings (SSSR count). The van der Waals surface area contributed by atoms with E-state index in [-0.39, 0.29) is 61.5 Å². The van der Waals surface area contributed by atoms with E-state index in [0.29, 0.717) is 59.5 Å². The molecule has 0 fully saturated rings. The topological polar surface area (TPSA) is 130 Å². The average molecular weight is 653 g/mol. The largest absolute Gasteiger partial charge is 0.460 e. The van der Waals surface area contributed by atoms with Crippen LogP contribution in [0.2, 0.25) is 0 Å². The van der Waals surface area contributed by atoms with Gasteiger partial charge < -0.3 is 52.5 Å². The zero-order chi connectivity index (χ0) is 34.2. The molecule has 45 heavy (non-hydrogen) atoms. The lowest BCUT2D eigenvalue weighted by Crippen LogP contribution is -2.30. The number of aliphatic hydroxyl groups is 1. The molecule has 0 saturated carbocycles. The Morgan fingerprint density at radius 2 is 0.644 bits per heavy atom. The van der Waals surface area contributed by atoms with Gasteiger partial charge in [-0.15, -0.1) is 0 Å². The minimum Gasteiger partial charge on any atom is -0.460 e. The van der Waals surface area contributed by atoms with Crippen LogP contribution < -0.4 is 0 Å². The maximum Gasteiger partial charge on any atom is 0.330 e. The molecule has 0 aromatic rings. The van der Waals surface area contributed by atoms with Gasteiger partial charge in [-0.3, -0.25) is 0 Å². The van der Waals surface area contributed by atoms with E-state index in [4.69, 9.17) is 47.4 Å². The van der Waals surface area contributed by atoms with E-state index in [1.807, 2.05) is 62.3 Å². The lowest BCUT2D eigenvalue weighted by molar-refractivity contribution is -0.143. The van der Waals surface area contributed by atoms with Crippen molar-refractivity contribution < 1.29 is 57.3 Å². The second kappa shape index (κ2) is 26.8. The smallest absolute Gasteiger partial charge is 0.330 e. The first kappa shape index (κ1) is 43.8. The summed E-state index contributed by atoms with van der Waals surface area (Å²) in [5.41, 5.74) is 0. The molecule has 0 aliphatic heterocycles. The predicted molar refractivity (Wildman–Crippen MR) is 172 cm³/mol. The zero-order valence-corrected chi connectivity index (χ0v) is 29.6. The van der Waals surface area contributed by atoms with E-state index in [0.717, 1.165) is 6.08 Å². The quantitative estimate of drug-likeness (QED) is 0.0896. The molecular formula is C33H64O12. The molecule has 10 unspecified atom stereocenters. The summed E-state index contributed by atoms with van der Waals surface area (Å²) < 4.78 is 57.0. The van der Waals surface area contributed by atoms with Gasteiger partial charge >= 0.3 is 5.97 Å². The Hall–Kier alpha value is -1.19. The number of rotatable bonds is 30. The number of carbonyl (C=O) groups excluding carboxylic acids is 1. The van der Waals surface area contributed by atoms with Crippen LogP contribution in [0, 0.1) is 0 Å². The van der Waals surface area contributed by atoms with Gasteiger partial charge in [0.05, 0.1) is 121 Å². The number of hydrogen-bond acceptors (Lipinski definition) is 12. The number of aliphatic hydroxyl groups excluding tert-OH is 1. The molecule has 0 aliphatic carbocycles. The van der Waals surface area contributed by atoms with Crippen LogP contribution in [0.3, 0.4) is 0 Å². The summed E-state index contributed by atoms with van der Waals surface area (Å²) in [5.74, 6) is -0.467. The molecule has 0 amide bonds. The first-order chi connectivity index (χ1) is 21.2. The van der Waals surface area contributed by atoms with E-state index in [1.54, 1.807) is 6.92 Å². The maximum atomic E-state index is 11.1.